The van der Waals surface area contributed by atoms with E-state index >= 15 is 0 Å². The van der Waals surface area contributed by atoms with Crippen molar-refractivity contribution in [3.8, 4) is 0 Å². The Morgan fingerprint density at radius 1 is 0.822 bits per heavy atom. The van der Waals surface area contributed by atoms with Crippen LogP contribution in [-0.4, -0.2) is 46.6 Å². The number of rotatable bonds is 10. The number of thiophene rings is 1. The average Bonchev–Trinajstić information content (AvgIpc) is 3.58. The van der Waals surface area contributed by atoms with Crippen LogP contribution in [0, 0.1) is 0 Å². The Hall–Kier alpha value is -2.81. The molecule has 1 atom stereocenters. The highest BCUT2D eigenvalue weighted by atomic mass is 32.2. The van der Waals surface area contributed by atoms with Gasteiger partial charge in [-0.3, -0.25) is 0 Å². The first-order valence-corrected chi connectivity index (χ1v) is 18.3. The lowest BCUT2D eigenvalue weighted by molar-refractivity contribution is -0.138. The van der Waals surface area contributed by atoms with Gasteiger partial charge < -0.3 is 20.5 Å². The fourth-order valence-electron chi connectivity index (χ4n) is 6.22. The molecule has 3 N–H and O–H groups in total. The molecular weight excluding hydrogens is 601 g/mol. The van der Waals surface area contributed by atoms with Gasteiger partial charge in [0.2, 0.25) is 0 Å². The van der Waals surface area contributed by atoms with Crippen molar-refractivity contribution in [2.75, 3.05) is 5.75 Å². The largest absolute Gasteiger partial charge is 0.480 e. The number of carboxylic acid groups (broad SMARTS) is 1. The van der Waals surface area contributed by atoms with Crippen LogP contribution in [0.4, 0.5) is 4.79 Å². The third kappa shape index (κ3) is 10.6. The third-order valence-electron chi connectivity index (χ3n) is 8.37. The minimum Gasteiger partial charge on any atom is -0.480 e. The van der Waals surface area contributed by atoms with E-state index in [0.29, 0.717) is 0 Å². The van der Waals surface area contributed by atoms with Crippen molar-refractivity contribution in [1.82, 2.24) is 10.6 Å². The number of thioether (sulfide) groups is 1. The van der Waals surface area contributed by atoms with Crippen molar-refractivity contribution in [3.63, 3.8) is 0 Å². The molecule has 1 amide bonds. The highest BCUT2D eigenvalue weighted by Crippen LogP contribution is 2.50. The smallest absolute Gasteiger partial charge is 0.408 e. The van der Waals surface area contributed by atoms with Gasteiger partial charge in [0.15, 0.2) is 0 Å². The molecule has 0 aliphatic heterocycles. The van der Waals surface area contributed by atoms with Crippen LogP contribution >= 0.6 is 23.1 Å². The summed E-state index contributed by atoms with van der Waals surface area (Å²) in [6, 6.07) is 24.7. The Labute approximate surface area is 277 Å². The molecule has 2 aromatic carbocycles. The van der Waals surface area contributed by atoms with Gasteiger partial charge in [-0.25, -0.2) is 9.59 Å². The first-order chi connectivity index (χ1) is 21.7. The summed E-state index contributed by atoms with van der Waals surface area (Å²) in [7, 11) is 0. The first kappa shape index (κ1) is 35.1. The summed E-state index contributed by atoms with van der Waals surface area (Å²) in [6.07, 6.45) is 13.8. The van der Waals surface area contributed by atoms with E-state index in [1.54, 1.807) is 32.1 Å². The topological polar surface area (TPSA) is 87.7 Å². The van der Waals surface area contributed by atoms with E-state index in [1.807, 2.05) is 47.8 Å². The van der Waals surface area contributed by atoms with Gasteiger partial charge in [0, 0.05) is 22.7 Å². The second-order valence-electron chi connectivity index (χ2n) is 13.1. The molecule has 2 aliphatic carbocycles. The molecule has 0 spiro atoms. The zero-order chi connectivity index (χ0) is 32.1. The quantitative estimate of drug-likeness (QED) is 0.203. The SMILES string of the molecule is C1CCC(NC2CCCCC2)CC1.CC(C)(C)OC(=O)NC(CSC(c1ccccc1)(c1ccccc1)c1cccs1)C(=O)O. The van der Waals surface area contributed by atoms with E-state index < -0.39 is 28.5 Å². The van der Waals surface area contributed by atoms with Crippen LogP contribution in [0.15, 0.2) is 78.2 Å². The number of carboxylic acids is 1. The zero-order valence-electron chi connectivity index (χ0n) is 27.0. The summed E-state index contributed by atoms with van der Waals surface area (Å²) in [5, 5.41) is 18.2. The molecule has 0 saturated heterocycles. The van der Waals surface area contributed by atoms with Gasteiger partial charge in [0.05, 0.1) is 4.75 Å². The molecule has 8 heteroatoms. The average molecular weight is 651 g/mol. The molecule has 1 heterocycles. The van der Waals surface area contributed by atoms with Gasteiger partial charge in [-0.2, -0.15) is 0 Å². The summed E-state index contributed by atoms with van der Waals surface area (Å²) in [4.78, 5) is 25.3. The van der Waals surface area contributed by atoms with Crippen LogP contribution in [0.1, 0.15) is 101 Å². The van der Waals surface area contributed by atoms with Crippen molar-refractivity contribution >= 4 is 35.2 Å². The summed E-state index contributed by atoms with van der Waals surface area (Å²) in [5.41, 5.74) is 1.37. The van der Waals surface area contributed by atoms with E-state index in [-0.39, 0.29) is 5.75 Å². The maximum absolute atomic E-state index is 12.3. The second-order valence-corrected chi connectivity index (χ2v) is 15.3. The molecule has 5 rings (SSSR count). The number of carbonyl (C=O) groups excluding carboxylic acids is 1. The fraction of sp³-hybridized carbons (Fsp3) is 0.514. The lowest BCUT2D eigenvalue weighted by Gasteiger charge is -2.35. The Morgan fingerprint density at radius 3 is 1.76 bits per heavy atom. The van der Waals surface area contributed by atoms with Crippen molar-refractivity contribution in [1.29, 1.82) is 0 Å². The number of carbonyl (C=O) groups is 2. The number of amides is 1. The second kappa shape index (κ2) is 17.2. The van der Waals surface area contributed by atoms with Gasteiger partial charge in [-0.05, 0) is 69.0 Å². The zero-order valence-corrected chi connectivity index (χ0v) is 28.6. The first-order valence-electron chi connectivity index (χ1n) is 16.4. The number of aliphatic carboxylic acids is 1. The van der Waals surface area contributed by atoms with Crippen LogP contribution in [-0.2, 0) is 14.3 Å². The lowest BCUT2D eigenvalue weighted by Crippen LogP contribution is -2.45. The number of hydrogen-bond acceptors (Lipinski definition) is 6. The van der Waals surface area contributed by atoms with Gasteiger partial charge >= 0.3 is 12.1 Å². The minimum absolute atomic E-state index is 0.149. The molecule has 244 valence electrons. The van der Waals surface area contributed by atoms with E-state index in [4.69, 9.17) is 4.74 Å². The molecule has 2 saturated carbocycles. The third-order valence-corrected chi connectivity index (χ3v) is 11.1. The van der Waals surface area contributed by atoms with Crippen LogP contribution in [0.2, 0.25) is 0 Å². The predicted molar refractivity (Wildman–Crippen MR) is 187 cm³/mol. The van der Waals surface area contributed by atoms with Crippen LogP contribution in [0.3, 0.4) is 0 Å². The van der Waals surface area contributed by atoms with E-state index in [2.05, 4.69) is 41.0 Å². The Kier molecular flexibility index (Phi) is 13.4. The molecule has 2 aliphatic rings. The molecular formula is C37H50N2O4S2. The van der Waals surface area contributed by atoms with E-state index in [0.717, 1.165) is 28.1 Å². The molecule has 45 heavy (non-hydrogen) atoms. The number of alkyl carbamates (subject to hydrolysis) is 1. The van der Waals surface area contributed by atoms with Crippen LogP contribution in [0.5, 0.6) is 0 Å². The molecule has 1 aromatic heterocycles. The Balaban J connectivity index is 0.000000293. The maximum atomic E-state index is 12.3. The van der Waals surface area contributed by atoms with Gasteiger partial charge in [0.1, 0.15) is 11.6 Å². The molecule has 1 unspecified atom stereocenters. The van der Waals surface area contributed by atoms with E-state index in [9.17, 15) is 14.7 Å². The number of ether oxygens (including phenoxy) is 1. The van der Waals surface area contributed by atoms with Gasteiger partial charge in [-0.1, -0.05) is 105 Å². The minimum atomic E-state index is -1.11. The molecule has 2 fully saturated rings. The van der Waals surface area contributed by atoms with Crippen LogP contribution in [0.25, 0.3) is 0 Å². The monoisotopic (exact) mass is 650 g/mol. The van der Waals surface area contributed by atoms with Crippen LogP contribution < -0.4 is 10.6 Å². The summed E-state index contributed by atoms with van der Waals surface area (Å²) in [6.45, 7) is 5.22. The fourth-order valence-corrected chi connectivity index (χ4v) is 8.86. The number of nitrogens with one attached hydrogen (secondary N) is 2. The van der Waals surface area contributed by atoms with Gasteiger partial charge in [-0.15, -0.1) is 23.1 Å². The highest BCUT2D eigenvalue weighted by molar-refractivity contribution is 8.00. The number of benzene rings is 2. The highest BCUT2D eigenvalue weighted by Gasteiger charge is 2.39. The summed E-state index contributed by atoms with van der Waals surface area (Å²) in [5.74, 6) is -0.958. The predicted octanol–water partition coefficient (Wildman–Crippen LogP) is 8.99. The van der Waals surface area contributed by atoms with E-state index in [1.165, 1.54) is 76.0 Å². The van der Waals surface area contributed by atoms with Gasteiger partial charge in [0.25, 0.3) is 0 Å². The standard InChI is InChI=1S/C25H27NO4S2.C12H23N/c1-24(2,3)30-23(29)26-20(22(27)28)17-32-25(21-15-10-16-31-21,18-11-6-4-7-12-18)19-13-8-5-9-14-19;1-3-7-11(8-4-1)13-12-9-5-2-6-10-12/h4-16,20H,17H2,1-3H3,(H,26,29)(H,27,28);11-13H,1-10H2. The Bertz CT molecular complexity index is 1230. The maximum Gasteiger partial charge on any atom is 0.408 e. The molecule has 6 nitrogen and oxygen atoms in total. The molecule has 0 bridgehead atoms. The summed E-state index contributed by atoms with van der Waals surface area (Å²) >= 11 is 3.11. The van der Waals surface area contributed by atoms with Crippen molar-refractivity contribution < 1.29 is 19.4 Å². The lowest BCUT2D eigenvalue weighted by atomic mass is 9.89. The van der Waals surface area contributed by atoms with Crippen molar-refractivity contribution in [3.05, 3.63) is 94.2 Å². The molecule has 0 radical (unpaired) electrons. The summed E-state index contributed by atoms with van der Waals surface area (Å²) < 4.78 is 4.65. The normalized spacial score (nSPS) is 17.0. The van der Waals surface area contributed by atoms with Crippen molar-refractivity contribution in [2.45, 2.75) is 113 Å². The molecule has 3 aromatic rings. The Morgan fingerprint density at radius 2 is 1.33 bits per heavy atom. The number of hydrogen-bond donors (Lipinski definition) is 3. The van der Waals surface area contributed by atoms with Crippen molar-refractivity contribution in [2.24, 2.45) is 0 Å².